The van der Waals surface area contributed by atoms with E-state index in [1.165, 1.54) is 9.21 Å². The number of halogens is 1. The molecule has 9 heteroatoms. The number of anilines is 1. The Morgan fingerprint density at radius 2 is 1.70 bits per heavy atom. The van der Waals surface area contributed by atoms with Crippen LogP contribution < -0.4 is 9.62 Å². The van der Waals surface area contributed by atoms with Crippen molar-refractivity contribution in [1.82, 2.24) is 10.2 Å². The van der Waals surface area contributed by atoms with Crippen LogP contribution in [0, 0.1) is 0 Å². The van der Waals surface area contributed by atoms with Gasteiger partial charge in [0, 0.05) is 30.6 Å². The highest BCUT2D eigenvalue weighted by Gasteiger charge is 2.27. The van der Waals surface area contributed by atoms with Crippen molar-refractivity contribution in [2.24, 2.45) is 0 Å². The van der Waals surface area contributed by atoms with Crippen LogP contribution >= 0.6 is 11.6 Å². The molecule has 0 aliphatic rings. The van der Waals surface area contributed by atoms with Crippen molar-refractivity contribution < 1.29 is 18.0 Å². The maximum Gasteiger partial charge on any atom is 0.242 e. The second kappa shape index (κ2) is 12.0. The summed E-state index contributed by atoms with van der Waals surface area (Å²) in [5.74, 6) is -0.481. The van der Waals surface area contributed by atoms with Crippen molar-refractivity contribution in [1.29, 1.82) is 0 Å². The minimum atomic E-state index is -3.50. The fraction of sp³-hybridized carbons (Fsp3) is 0.417. The molecule has 0 aliphatic heterocycles. The summed E-state index contributed by atoms with van der Waals surface area (Å²) in [7, 11) is -3.50. The summed E-state index contributed by atoms with van der Waals surface area (Å²) in [4.78, 5) is 27.3. The van der Waals surface area contributed by atoms with Crippen molar-refractivity contribution in [2.75, 3.05) is 17.1 Å². The molecular formula is C24H32ClN3O4S. The molecule has 0 saturated heterocycles. The van der Waals surface area contributed by atoms with Crippen LogP contribution in [0.4, 0.5) is 5.69 Å². The van der Waals surface area contributed by atoms with Gasteiger partial charge in [0.2, 0.25) is 21.8 Å². The van der Waals surface area contributed by atoms with Gasteiger partial charge in [-0.15, -0.1) is 0 Å². The van der Waals surface area contributed by atoms with Gasteiger partial charge >= 0.3 is 0 Å². The van der Waals surface area contributed by atoms with E-state index in [1.807, 2.05) is 26.0 Å². The summed E-state index contributed by atoms with van der Waals surface area (Å²) < 4.78 is 25.8. The number of para-hydroxylation sites is 1. The first-order valence-electron chi connectivity index (χ1n) is 10.9. The Labute approximate surface area is 201 Å². The van der Waals surface area contributed by atoms with E-state index in [4.69, 9.17) is 11.6 Å². The summed E-state index contributed by atoms with van der Waals surface area (Å²) in [6.45, 7) is 5.79. The van der Waals surface area contributed by atoms with Crippen LogP contribution in [-0.4, -0.2) is 50.0 Å². The molecule has 2 amide bonds. The quantitative estimate of drug-likeness (QED) is 0.515. The number of nitrogens with one attached hydrogen (secondary N) is 1. The van der Waals surface area contributed by atoms with Gasteiger partial charge in [0.1, 0.15) is 6.04 Å². The minimum absolute atomic E-state index is 0.0581. The fourth-order valence-corrected chi connectivity index (χ4v) is 4.60. The molecule has 2 aromatic carbocycles. The van der Waals surface area contributed by atoms with Crippen LogP contribution in [0.1, 0.15) is 39.2 Å². The Hall–Kier alpha value is -2.58. The number of carbonyl (C=O) groups excluding carboxylic acids is 2. The SMILES string of the molecule is CC(C)NC(=O)[C@@H](C)N(Cc1cccc(Cl)c1)C(=O)CCCN(c1ccccc1)S(C)(=O)=O. The number of carbonyl (C=O) groups is 2. The largest absolute Gasteiger partial charge is 0.352 e. The molecule has 1 atom stereocenters. The van der Waals surface area contributed by atoms with Gasteiger partial charge < -0.3 is 10.2 Å². The molecule has 7 nitrogen and oxygen atoms in total. The molecule has 2 rings (SSSR count). The Morgan fingerprint density at radius 1 is 1.03 bits per heavy atom. The summed E-state index contributed by atoms with van der Waals surface area (Å²) in [6.07, 6.45) is 1.55. The van der Waals surface area contributed by atoms with Gasteiger partial charge in [-0.25, -0.2) is 8.42 Å². The molecule has 33 heavy (non-hydrogen) atoms. The Kier molecular flexibility index (Phi) is 9.73. The number of amides is 2. The highest BCUT2D eigenvalue weighted by Crippen LogP contribution is 2.19. The second-order valence-corrected chi connectivity index (χ2v) is 10.6. The van der Waals surface area contributed by atoms with E-state index in [0.717, 1.165) is 11.8 Å². The van der Waals surface area contributed by atoms with Gasteiger partial charge in [0.25, 0.3) is 0 Å². The smallest absolute Gasteiger partial charge is 0.242 e. The van der Waals surface area contributed by atoms with Crippen LogP contribution in [0.2, 0.25) is 5.02 Å². The average molecular weight is 494 g/mol. The molecule has 0 aliphatic carbocycles. The third kappa shape index (κ3) is 8.37. The lowest BCUT2D eigenvalue weighted by molar-refractivity contribution is -0.140. The summed E-state index contributed by atoms with van der Waals surface area (Å²) in [6, 6.07) is 15.2. The summed E-state index contributed by atoms with van der Waals surface area (Å²) in [5.41, 5.74) is 1.36. The molecule has 0 spiro atoms. The van der Waals surface area contributed by atoms with E-state index in [1.54, 1.807) is 49.4 Å². The molecule has 0 unspecified atom stereocenters. The minimum Gasteiger partial charge on any atom is -0.352 e. The molecule has 0 heterocycles. The molecule has 0 fully saturated rings. The highest BCUT2D eigenvalue weighted by atomic mass is 35.5. The van der Waals surface area contributed by atoms with Gasteiger partial charge in [-0.2, -0.15) is 0 Å². The van der Waals surface area contributed by atoms with E-state index in [2.05, 4.69) is 5.32 Å². The lowest BCUT2D eigenvalue weighted by Gasteiger charge is -2.30. The molecule has 2 aromatic rings. The maximum absolute atomic E-state index is 13.2. The first kappa shape index (κ1) is 26.7. The number of hydrogen-bond donors (Lipinski definition) is 1. The lowest BCUT2D eigenvalue weighted by atomic mass is 10.1. The number of nitrogens with zero attached hydrogens (tertiary/aromatic N) is 2. The van der Waals surface area contributed by atoms with E-state index in [0.29, 0.717) is 17.1 Å². The number of hydrogen-bond acceptors (Lipinski definition) is 4. The van der Waals surface area contributed by atoms with Crippen LogP contribution in [0.15, 0.2) is 54.6 Å². The van der Waals surface area contributed by atoms with Gasteiger partial charge in [-0.1, -0.05) is 41.9 Å². The molecule has 180 valence electrons. The zero-order valence-corrected chi connectivity index (χ0v) is 21.1. The van der Waals surface area contributed by atoms with Crippen molar-refractivity contribution in [2.45, 2.75) is 52.2 Å². The normalized spacial score (nSPS) is 12.3. The predicted molar refractivity (Wildman–Crippen MR) is 133 cm³/mol. The highest BCUT2D eigenvalue weighted by molar-refractivity contribution is 7.92. The number of rotatable bonds is 11. The standard InChI is InChI=1S/C24H32ClN3O4S/c1-18(2)26-24(30)19(3)27(17-20-10-8-11-21(25)16-20)23(29)14-9-15-28(33(4,31)32)22-12-6-5-7-13-22/h5-8,10-13,16,18-19H,9,14-15,17H2,1-4H3,(H,26,30)/t19-/m1/s1. The van der Waals surface area contributed by atoms with Crippen LogP contribution in [0.25, 0.3) is 0 Å². The summed E-state index contributed by atoms with van der Waals surface area (Å²) >= 11 is 6.09. The predicted octanol–water partition coefficient (Wildman–Crippen LogP) is 3.83. The van der Waals surface area contributed by atoms with E-state index >= 15 is 0 Å². The third-order valence-electron chi connectivity index (χ3n) is 5.04. The van der Waals surface area contributed by atoms with Crippen LogP contribution in [0.3, 0.4) is 0 Å². The van der Waals surface area contributed by atoms with Gasteiger partial charge in [-0.05, 0) is 57.0 Å². The number of sulfonamides is 1. The molecule has 0 radical (unpaired) electrons. The monoisotopic (exact) mass is 493 g/mol. The van der Waals surface area contributed by atoms with Crippen molar-refractivity contribution in [3.8, 4) is 0 Å². The molecule has 0 bridgehead atoms. The van der Waals surface area contributed by atoms with Crippen molar-refractivity contribution in [3.05, 3.63) is 65.2 Å². The third-order valence-corrected chi connectivity index (χ3v) is 6.47. The molecular weight excluding hydrogens is 462 g/mol. The van der Waals surface area contributed by atoms with Crippen molar-refractivity contribution >= 4 is 39.1 Å². The van der Waals surface area contributed by atoms with Crippen LogP contribution in [-0.2, 0) is 26.2 Å². The van der Waals surface area contributed by atoms with Crippen molar-refractivity contribution in [3.63, 3.8) is 0 Å². The molecule has 1 N–H and O–H groups in total. The van der Waals surface area contributed by atoms with Gasteiger partial charge in [-0.3, -0.25) is 13.9 Å². The number of benzene rings is 2. The van der Waals surface area contributed by atoms with E-state index in [9.17, 15) is 18.0 Å². The van der Waals surface area contributed by atoms with Gasteiger partial charge in [0.05, 0.1) is 11.9 Å². The van der Waals surface area contributed by atoms with E-state index < -0.39 is 16.1 Å². The molecule has 0 saturated carbocycles. The first-order chi connectivity index (χ1) is 15.5. The van der Waals surface area contributed by atoms with Gasteiger partial charge in [0.15, 0.2) is 0 Å². The topological polar surface area (TPSA) is 86.8 Å². The Balaban J connectivity index is 2.15. The lowest BCUT2D eigenvalue weighted by Crippen LogP contribution is -2.49. The fourth-order valence-electron chi connectivity index (χ4n) is 3.42. The Morgan fingerprint density at radius 3 is 2.27 bits per heavy atom. The Bertz CT molecular complexity index is 1040. The van der Waals surface area contributed by atoms with Crippen LogP contribution in [0.5, 0.6) is 0 Å². The zero-order chi connectivity index (χ0) is 24.6. The maximum atomic E-state index is 13.2. The average Bonchev–Trinajstić information content (AvgIpc) is 2.73. The zero-order valence-electron chi connectivity index (χ0n) is 19.5. The second-order valence-electron chi connectivity index (χ2n) is 8.27. The first-order valence-corrected chi connectivity index (χ1v) is 13.1. The van der Waals surface area contributed by atoms with E-state index in [-0.39, 0.29) is 37.4 Å². The summed E-state index contributed by atoms with van der Waals surface area (Å²) in [5, 5.41) is 3.39. The molecule has 0 aromatic heterocycles.